The molecule has 0 fully saturated rings. The third kappa shape index (κ3) is 10.7. The maximum atomic E-state index is 9.44. The van der Waals surface area contributed by atoms with Gasteiger partial charge in [0, 0.05) is 6.54 Å². The van der Waals surface area contributed by atoms with Gasteiger partial charge in [-0.1, -0.05) is 0 Å². The summed E-state index contributed by atoms with van der Waals surface area (Å²) in [7, 11) is -0.115. The first-order valence-corrected chi connectivity index (χ1v) is 2.39. The molecule has 0 aliphatic heterocycles. The lowest BCUT2D eigenvalue weighted by molar-refractivity contribution is 0.301. The van der Waals surface area contributed by atoms with E-state index in [9.17, 15) is 4.57 Å². The van der Waals surface area contributed by atoms with Gasteiger partial charge in [0.1, 0.15) is 0 Å². The summed E-state index contributed by atoms with van der Waals surface area (Å²) in [5.41, 5.74) is 0. The Morgan fingerprint density at radius 2 is 2.29 bits per heavy atom. The highest BCUT2D eigenvalue weighted by Gasteiger charge is 1.73. The quantitative estimate of drug-likeness (QED) is 0.438. The van der Waals surface area contributed by atoms with Crippen molar-refractivity contribution >= 4 is 21.0 Å². The summed E-state index contributed by atoms with van der Waals surface area (Å²) in [5.74, 6) is 0. The van der Waals surface area contributed by atoms with Crippen LogP contribution in [0.15, 0.2) is 0 Å². The lowest BCUT2D eigenvalue weighted by Gasteiger charge is -1.82. The van der Waals surface area contributed by atoms with E-state index < -0.39 is 0 Å². The van der Waals surface area contributed by atoms with Crippen LogP contribution in [0.1, 0.15) is 0 Å². The van der Waals surface area contributed by atoms with Crippen LogP contribution in [0.4, 0.5) is 0 Å². The van der Waals surface area contributed by atoms with E-state index in [1.165, 1.54) is 0 Å². The van der Waals surface area contributed by atoms with Crippen molar-refractivity contribution in [2.24, 2.45) is 0 Å². The first-order valence-electron chi connectivity index (χ1n) is 1.58. The number of rotatable bonds is 3. The second-order valence-corrected chi connectivity index (χ2v) is 1.22. The molecule has 0 radical (unpaired) electrons. The second kappa shape index (κ2) is 9.58. The Labute approximate surface area is 49.8 Å². The van der Waals surface area contributed by atoms with E-state index in [2.05, 4.69) is 5.09 Å². The fourth-order valence-electron chi connectivity index (χ4n) is 0.0956. The van der Waals surface area contributed by atoms with E-state index in [1.54, 1.807) is 0 Å². The molecule has 0 saturated carbocycles. The molecule has 0 aromatic carbocycles. The zero-order valence-electron chi connectivity index (χ0n) is 3.63. The topological polar surface area (TPSA) is 49.3 Å². The molecule has 3 nitrogen and oxygen atoms in total. The van der Waals surface area contributed by atoms with Crippen LogP contribution >= 0.6 is 21.0 Å². The summed E-state index contributed by atoms with van der Waals surface area (Å²) in [6.45, 7) is 0.431. The lowest BCUT2D eigenvalue weighted by Crippen LogP contribution is -2.04. The minimum atomic E-state index is -0.115. The smallest absolute Gasteiger partial charge is 0.246 e. The van der Waals surface area contributed by atoms with Crippen molar-refractivity contribution in [1.82, 2.24) is 5.09 Å². The summed E-state index contributed by atoms with van der Waals surface area (Å²) in [5, 5.41) is 10.4. The molecule has 0 unspecified atom stereocenters. The maximum Gasteiger partial charge on any atom is 0.246 e. The van der Waals surface area contributed by atoms with Gasteiger partial charge >= 0.3 is 0 Å². The van der Waals surface area contributed by atoms with Gasteiger partial charge < -0.3 is 5.11 Å². The Morgan fingerprint density at radius 3 is 2.43 bits per heavy atom. The molecule has 0 rings (SSSR count). The molecule has 2 N–H and O–H groups in total. The highest BCUT2D eigenvalue weighted by atomic mass is 35.5. The average molecular weight is 144 g/mol. The van der Waals surface area contributed by atoms with Gasteiger partial charge in [-0.05, 0) is 0 Å². The number of hydrogen-bond donors (Lipinski definition) is 2. The van der Waals surface area contributed by atoms with Crippen molar-refractivity contribution in [2.75, 3.05) is 13.2 Å². The van der Waals surface area contributed by atoms with E-state index in [0.717, 1.165) is 0 Å². The molecule has 0 saturated heterocycles. The van der Waals surface area contributed by atoms with Crippen LogP contribution in [-0.4, -0.2) is 18.3 Å². The van der Waals surface area contributed by atoms with Gasteiger partial charge in [-0.3, -0.25) is 4.57 Å². The van der Waals surface area contributed by atoms with Crippen LogP contribution in [0.25, 0.3) is 0 Å². The van der Waals surface area contributed by atoms with Crippen molar-refractivity contribution in [3.8, 4) is 0 Å². The van der Waals surface area contributed by atoms with Crippen LogP contribution in [0, 0.1) is 0 Å². The zero-order valence-corrected chi connectivity index (χ0v) is 5.34. The van der Waals surface area contributed by atoms with Gasteiger partial charge in [-0.2, -0.15) is 0 Å². The molecule has 0 bridgehead atoms. The number of aliphatic hydroxyl groups is 1. The highest BCUT2D eigenvalue weighted by Crippen LogP contribution is 1.74. The molecule has 0 aromatic heterocycles. The van der Waals surface area contributed by atoms with Gasteiger partial charge in [0.25, 0.3) is 0 Å². The molecular weight excluding hydrogens is 136 g/mol. The zero-order chi connectivity index (χ0) is 4.83. The Bertz CT molecular complexity index is 44.7. The summed E-state index contributed by atoms with van der Waals surface area (Å²) >= 11 is 0. The van der Waals surface area contributed by atoms with Crippen molar-refractivity contribution in [3.05, 3.63) is 0 Å². The lowest BCUT2D eigenvalue weighted by atomic mass is 10.8. The van der Waals surface area contributed by atoms with Gasteiger partial charge in [0.05, 0.1) is 6.61 Å². The molecule has 0 amide bonds. The minimum absolute atomic E-state index is 0. The monoisotopic (exact) mass is 143 g/mol. The fraction of sp³-hybridized carbons (Fsp3) is 1.00. The minimum Gasteiger partial charge on any atom is -0.395 e. The molecule has 0 atom stereocenters. The summed E-state index contributed by atoms with van der Waals surface area (Å²) in [4.78, 5) is 0. The third-order valence-electron chi connectivity index (χ3n) is 0.288. The van der Waals surface area contributed by atoms with E-state index >= 15 is 0 Å². The predicted octanol–water partition coefficient (Wildman–Crippen LogP) is 0.197. The van der Waals surface area contributed by atoms with E-state index in [0.29, 0.717) is 6.54 Å². The van der Waals surface area contributed by atoms with Gasteiger partial charge in [0.15, 0.2) is 0 Å². The molecule has 0 spiro atoms. The van der Waals surface area contributed by atoms with E-state index in [-0.39, 0.29) is 27.6 Å². The Morgan fingerprint density at radius 1 is 1.71 bits per heavy atom. The van der Waals surface area contributed by atoms with Gasteiger partial charge in [-0.25, -0.2) is 5.09 Å². The Kier molecular flexibility index (Phi) is 14.1. The van der Waals surface area contributed by atoms with Crippen molar-refractivity contribution in [2.45, 2.75) is 0 Å². The average Bonchev–Trinajstić information content (AvgIpc) is 1.61. The normalized spacial score (nSPS) is 8.14. The van der Waals surface area contributed by atoms with Crippen LogP contribution in [0.5, 0.6) is 0 Å². The largest absolute Gasteiger partial charge is 0.395 e. The molecule has 0 heterocycles. The number of hydrogen-bond acceptors (Lipinski definition) is 2. The SMILES string of the molecule is Cl.O=PNCCO. The number of aliphatic hydroxyl groups excluding tert-OH is 1. The third-order valence-corrected chi connectivity index (χ3v) is 0.641. The Hall–Kier alpha value is 0.310. The summed E-state index contributed by atoms with van der Waals surface area (Å²) in [6, 6.07) is 0. The standard InChI is InChI=1S/C2H6NO2P.ClH/c4-2-1-3-6-5;/h4H,1-2H2,(H,3,5);1H. The van der Waals surface area contributed by atoms with Crippen LogP contribution < -0.4 is 5.09 Å². The number of halogens is 1. The van der Waals surface area contributed by atoms with Crippen molar-refractivity contribution in [3.63, 3.8) is 0 Å². The van der Waals surface area contributed by atoms with Crippen LogP contribution in [0.2, 0.25) is 0 Å². The predicted molar refractivity (Wildman–Crippen MR) is 29.9 cm³/mol. The maximum absolute atomic E-state index is 9.44. The highest BCUT2D eigenvalue weighted by molar-refractivity contribution is 7.21. The molecule has 0 aliphatic rings. The van der Waals surface area contributed by atoms with Crippen molar-refractivity contribution < 1.29 is 9.67 Å². The molecule has 5 heteroatoms. The molecule has 44 valence electrons. The first kappa shape index (κ1) is 10.3. The molecular formula is C2H7ClNO2P. The van der Waals surface area contributed by atoms with Crippen LogP contribution in [0.3, 0.4) is 0 Å². The Balaban J connectivity index is 0. The summed E-state index contributed by atoms with van der Waals surface area (Å²) < 4.78 is 9.44. The fourth-order valence-corrected chi connectivity index (χ4v) is 0.287. The summed E-state index contributed by atoms with van der Waals surface area (Å²) in [6.07, 6.45) is 0. The van der Waals surface area contributed by atoms with E-state index in [4.69, 9.17) is 5.11 Å². The van der Waals surface area contributed by atoms with E-state index in [1.807, 2.05) is 0 Å². The number of nitrogens with one attached hydrogen (secondary N) is 1. The first-order chi connectivity index (χ1) is 2.91. The van der Waals surface area contributed by atoms with Gasteiger partial charge in [-0.15, -0.1) is 12.4 Å². The van der Waals surface area contributed by atoms with Gasteiger partial charge in [0.2, 0.25) is 8.61 Å². The van der Waals surface area contributed by atoms with Crippen molar-refractivity contribution in [1.29, 1.82) is 0 Å². The van der Waals surface area contributed by atoms with Crippen LogP contribution in [-0.2, 0) is 4.57 Å². The molecule has 7 heavy (non-hydrogen) atoms. The molecule has 0 aliphatic carbocycles. The molecule has 0 aromatic rings. The second-order valence-electron chi connectivity index (χ2n) is 0.723.